The number of carbonyl (C=O) groups excluding carboxylic acids is 2. The van der Waals surface area contributed by atoms with Gasteiger partial charge in [0.05, 0.1) is 0 Å². The van der Waals surface area contributed by atoms with Gasteiger partial charge in [0, 0.05) is 19.4 Å². The van der Waals surface area contributed by atoms with Gasteiger partial charge in [0.25, 0.3) is 0 Å². The average Bonchev–Trinajstić information content (AvgIpc) is 2.07. The van der Waals surface area contributed by atoms with E-state index in [1.54, 1.807) is 0 Å². The number of ether oxygens (including phenoxy) is 1. The van der Waals surface area contributed by atoms with Crippen molar-refractivity contribution in [1.82, 2.24) is 5.32 Å². The minimum atomic E-state index is -0.493. The molecular formula is C15H27NO3. The molecule has 0 aromatic carbocycles. The fourth-order valence-corrected chi connectivity index (χ4v) is 3.08. The summed E-state index contributed by atoms with van der Waals surface area (Å²) in [7, 11) is 0. The number of Topliss-reactive ketones (excluding diaryl/α,β-unsaturated/α-hetero) is 1. The van der Waals surface area contributed by atoms with Gasteiger partial charge >= 0.3 is 6.09 Å². The van der Waals surface area contributed by atoms with E-state index in [-0.39, 0.29) is 16.6 Å². The summed E-state index contributed by atoms with van der Waals surface area (Å²) in [4.78, 5) is 23.5. The van der Waals surface area contributed by atoms with Crippen molar-refractivity contribution in [2.75, 3.05) is 6.54 Å². The van der Waals surface area contributed by atoms with Gasteiger partial charge in [0.15, 0.2) is 0 Å². The molecule has 4 heteroatoms. The number of hydrogen-bond donors (Lipinski definition) is 1. The Morgan fingerprint density at radius 1 is 1.26 bits per heavy atom. The van der Waals surface area contributed by atoms with E-state index in [2.05, 4.69) is 26.1 Å². The molecule has 0 aliphatic heterocycles. The zero-order valence-electron chi connectivity index (χ0n) is 13.1. The van der Waals surface area contributed by atoms with Crippen molar-refractivity contribution in [3.63, 3.8) is 0 Å². The van der Waals surface area contributed by atoms with Crippen molar-refractivity contribution in [3.8, 4) is 0 Å². The van der Waals surface area contributed by atoms with Crippen molar-refractivity contribution in [3.05, 3.63) is 0 Å². The smallest absolute Gasteiger partial charge is 0.407 e. The summed E-state index contributed by atoms with van der Waals surface area (Å²) in [6.07, 6.45) is 1.69. The second-order valence-electron chi connectivity index (χ2n) is 7.90. The Balaban J connectivity index is 2.56. The Bertz CT molecular complexity index is 368. The SMILES string of the molecule is CC1(C)CC(=O)C[C@](C)(CNC(=O)OC(C)(C)C)C1. The molecule has 1 atom stereocenters. The van der Waals surface area contributed by atoms with Gasteiger partial charge in [-0.3, -0.25) is 4.79 Å². The lowest BCUT2D eigenvalue weighted by Gasteiger charge is -2.42. The molecule has 1 rings (SSSR count). The van der Waals surface area contributed by atoms with Gasteiger partial charge in [-0.05, 0) is 38.0 Å². The Morgan fingerprint density at radius 2 is 1.84 bits per heavy atom. The van der Waals surface area contributed by atoms with Crippen LogP contribution in [0.15, 0.2) is 0 Å². The van der Waals surface area contributed by atoms with E-state index in [1.807, 2.05) is 20.8 Å². The fraction of sp³-hybridized carbons (Fsp3) is 0.867. The van der Waals surface area contributed by atoms with Gasteiger partial charge < -0.3 is 10.1 Å². The van der Waals surface area contributed by atoms with Crippen LogP contribution in [0, 0.1) is 10.8 Å². The Hall–Kier alpha value is -1.06. The summed E-state index contributed by atoms with van der Waals surface area (Å²) >= 11 is 0. The Morgan fingerprint density at radius 3 is 2.32 bits per heavy atom. The number of hydrogen-bond acceptors (Lipinski definition) is 3. The lowest BCUT2D eigenvalue weighted by atomic mass is 9.64. The molecule has 0 heterocycles. The minimum absolute atomic E-state index is 0.0136. The van der Waals surface area contributed by atoms with Crippen molar-refractivity contribution >= 4 is 11.9 Å². The zero-order chi connectivity index (χ0) is 14.9. The second-order valence-corrected chi connectivity index (χ2v) is 7.90. The molecule has 0 bridgehead atoms. The van der Waals surface area contributed by atoms with Crippen LogP contribution in [0.1, 0.15) is 60.8 Å². The Labute approximate surface area is 116 Å². The van der Waals surface area contributed by atoms with Crippen LogP contribution in [0.25, 0.3) is 0 Å². The van der Waals surface area contributed by atoms with Crippen LogP contribution in [0.5, 0.6) is 0 Å². The lowest BCUT2D eigenvalue weighted by Crippen LogP contribution is -2.44. The fourth-order valence-electron chi connectivity index (χ4n) is 3.08. The number of carbonyl (C=O) groups is 2. The lowest BCUT2D eigenvalue weighted by molar-refractivity contribution is -0.127. The number of nitrogens with one attached hydrogen (secondary N) is 1. The normalized spacial score (nSPS) is 26.9. The van der Waals surface area contributed by atoms with Gasteiger partial charge in [-0.1, -0.05) is 20.8 Å². The highest BCUT2D eigenvalue weighted by Crippen LogP contribution is 2.43. The van der Waals surface area contributed by atoms with Gasteiger partial charge in [-0.25, -0.2) is 4.79 Å². The number of ketones is 1. The minimum Gasteiger partial charge on any atom is -0.444 e. The third-order valence-corrected chi connectivity index (χ3v) is 3.26. The van der Waals surface area contributed by atoms with E-state index in [1.165, 1.54) is 0 Å². The van der Waals surface area contributed by atoms with Crippen LogP contribution in [0.4, 0.5) is 4.79 Å². The van der Waals surface area contributed by atoms with Gasteiger partial charge in [0.1, 0.15) is 11.4 Å². The van der Waals surface area contributed by atoms with E-state index in [9.17, 15) is 9.59 Å². The average molecular weight is 269 g/mol. The van der Waals surface area contributed by atoms with E-state index in [4.69, 9.17) is 4.74 Å². The quantitative estimate of drug-likeness (QED) is 0.837. The number of alkyl carbamates (subject to hydrolysis) is 1. The van der Waals surface area contributed by atoms with Crippen molar-refractivity contribution in [2.45, 2.75) is 66.4 Å². The van der Waals surface area contributed by atoms with E-state index in [0.29, 0.717) is 19.4 Å². The highest BCUT2D eigenvalue weighted by Gasteiger charge is 2.40. The molecule has 1 fully saturated rings. The van der Waals surface area contributed by atoms with E-state index < -0.39 is 11.7 Å². The topological polar surface area (TPSA) is 55.4 Å². The third kappa shape index (κ3) is 5.62. The van der Waals surface area contributed by atoms with Crippen LogP contribution in [-0.2, 0) is 9.53 Å². The predicted octanol–water partition coefficient (Wildman–Crippen LogP) is 3.30. The number of rotatable bonds is 2. The molecule has 1 aliphatic carbocycles. The first-order chi connectivity index (χ1) is 8.41. The standard InChI is InChI=1S/C15H27NO3/c1-13(2,3)19-12(18)16-10-15(6)8-11(17)7-14(4,5)9-15/h7-10H2,1-6H3,(H,16,18)/t15-/m0/s1. The second kappa shape index (κ2) is 5.14. The highest BCUT2D eigenvalue weighted by atomic mass is 16.6. The molecule has 110 valence electrons. The summed E-state index contributed by atoms with van der Waals surface area (Å²) < 4.78 is 5.22. The van der Waals surface area contributed by atoms with Crippen LogP contribution in [0.2, 0.25) is 0 Å². The molecule has 0 aromatic heterocycles. The number of amides is 1. The van der Waals surface area contributed by atoms with Crippen molar-refractivity contribution in [2.24, 2.45) is 10.8 Å². The molecule has 0 saturated heterocycles. The monoisotopic (exact) mass is 269 g/mol. The highest BCUT2D eigenvalue weighted by molar-refractivity contribution is 5.80. The molecule has 19 heavy (non-hydrogen) atoms. The molecule has 0 radical (unpaired) electrons. The zero-order valence-corrected chi connectivity index (χ0v) is 13.1. The van der Waals surface area contributed by atoms with Crippen molar-refractivity contribution < 1.29 is 14.3 Å². The first-order valence-corrected chi connectivity index (χ1v) is 6.89. The largest absolute Gasteiger partial charge is 0.444 e. The third-order valence-electron chi connectivity index (χ3n) is 3.26. The molecular weight excluding hydrogens is 242 g/mol. The van der Waals surface area contributed by atoms with Crippen LogP contribution in [0.3, 0.4) is 0 Å². The molecule has 1 amide bonds. The maximum Gasteiger partial charge on any atom is 0.407 e. The Kier molecular flexibility index (Phi) is 4.33. The molecule has 0 unspecified atom stereocenters. The summed E-state index contributed by atoms with van der Waals surface area (Å²) in [6.45, 7) is 12.3. The van der Waals surface area contributed by atoms with Gasteiger partial charge in [0.2, 0.25) is 0 Å². The van der Waals surface area contributed by atoms with Crippen LogP contribution in [-0.4, -0.2) is 24.0 Å². The first kappa shape index (κ1) is 16.0. The molecule has 0 spiro atoms. The van der Waals surface area contributed by atoms with E-state index in [0.717, 1.165) is 6.42 Å². The maximum absolute atomic E-state index is 11.8. The molecule has 1 saturated carbocycles. The molecule has 1 aliphatic rings. The van der Waals surface area contributed by atoms with Crippen LogP contribution < -0.4 is 5.32 Å². The summed E-state index contributed by atoms with van der Waals surface area (Å²) in [5.41, 5.74) is -0.651. The molecule has 4 nitrogen and oxygen atoms in total. The molecule has 1 N–H and O–H groups in total. The van der Waals surface area contributed by atoms with Gasteiger partial charge in [-0.15, -0.1) is 0 Å². The summed E-state index contributed by atoms with van der Waals surface area (Å²) in [6, 6.07) is 0. The summed E-state index contributed by atoms with van der Waals surface area (Å²) in [5, 5.41) is 2.79. The maximum atomic E-state index is 11.8. The summed E-state index contributed by atoms with van der Waals surface area (Å²) in [5.74, 6) is 0.282. The predicted molar refractivity (Wildman–Crippen MR) is 75.0 cm³/mol. The van der Waals surface area contributed by atoms with Gasteiger partial charge in [-0.2, -0.15) is 0 Å². The van der Waals surface area contributed by atoms with E-state index >= 15 is 0 Å². The molecule has 0 aromatic rings. The first-order valence-electron chi connectivity index (χ1n) is 6.89. The van der Waals surface area contributed by atoms with Crippen LogP contribution >= 0.6 is 0 Å². The van der Waals surface area contributed by atoms with Crippen molar-refractivity contribution in [1.29, 1.82) is 0 Å².